The van der Waals surface area contributed by atoms with Crippen LogP contribution in [0.5, 0.6) is 0 Å². The first-order chi connectivity index (χ1) is 6.54. The molecule has 82 valence electrons. The Kier molecular flexibility index (Phi) is 6.00. The van der Waals surface area contributed by atoms with Gasteiger partial charge in [-0.15, -0.1) is 10.0 Å². The van der Waals surface area contributed by atoms with E-state index in [0.29, 0.717) is 0 Å². The molecule has 0 aliphatic rings. The van der Waals surface area contributed by atoms with Crippen LogP contribution in [-0.2, 0) is 15.1 Å². The zero-order valence-electron chi connectivity index (χ0n) is 7.23. The van der Waals surface area contributed by atoms with E-state index in [1.165, 1.54) is 0 Å². The fourth-order valence-electron chi connectivity index (χ4n) is 0.845. The minimum atomic E-state index is -2.73. The third-order valence-corrected chi connectivity index (χ3v) is 2.39. The Bertz CT molecular complexity index is 319. The van der Waals surface area contributed by atoms with E-state index in [9.17, 15) is 17.7 Å². The number of nitrogens with one attached hydrogen (secondary N) is 1. The van der Waals surface area contributed by atoms with Gasteiger partial charge in [-0.3, -0.25) is 4.79 Å². The van der Waals surface area contributed by atoms with Gasteiger partial charge >= 0.3 is 5.97 Å². The highest BCUT2D eigenvalue weighted by Gasteiger charge is 2.24. The van der Waals surface area contributed by atoms with E-state index in [1.54, 1.807) is 0 Å². The maximum atomic E-state index is 12.0. The van der Waals surface area contributed by atoms with Crippen molar-refractivity contribution in [3.8, 4) is 0 Å². The molecule has 0 amide bonds. The van der Waals surface area contributed by atoms with E-state index in [4.69, 9.17) is 10.8 Å². The van der Waals surface area contributed by atoms with Crippen molar-refractivity contribution in [2.75, 3.05) is 6.54 Å². The average Bonchev–Trinajstić information content (AvgIpc) is 2.10. The maximum Gasteiger partial charge on any atom is 0.328 e. The second kappa shape index (κ2) is 6.46. The summed E-state index contributed by atoms with van der Waals surface area (Å²) in [5.41, 5.74) is 6.04. The third kappa shape index (κ3) is 3.81. The molecule has 8 heteroatoms. The first-order valence-corrected chi connectivity index (χ1v) is 4.86. The second-order valence-electron chi connectivity index (χ2n) is 2.47. The molecule has 0 rings (SSSR count). The zero-order chi connectivity index (χ0) is 11.1. The van der Waals surface area contributed by atoms with Gasteiger partial charge in [0.25, 0.3) is 0 Å². The van der Waals surface area contributed by atoms with Gasteiger partial charge in [-0.25, -0.2) is 0 Å². The summed E-state index contributed by atoms with van der Waals surface area (Å²) in [5.74, 6) is -1.58. The van der Waals surface area contributed by atoms with Crippen LogP contribution in [0.3, 0.4) is 0 Å². The van der Waals surface area contributed by atoms with Crippen LogP contribution in [0.15, 0.2) is 0 Å². The number of rotatable bonds is 6. The fraction of sp³-hybridized carbons (Fsp3) is 0.667. The highest BCUT2D eigenvalue weighted by molar-refractivity contribution is 7.73. The van der Waals surface area contributed by atoms with Crippen molar-refractivity contribution in [2.45, 2.75) is 18.9 Å². The lowest BCUT2D eigenvalue weighted by Crippen LogP contribution is -2.40. The molecule has 0 heterocycles. The topological polar surface area (TPSA) is 109 Å². The Balaban J connectivity index is 4.83. The van der Waals surface area contributed by atoms with Crippen LogP contribution in [0.4, 0.5) is 4.48 Å². The van der Waals surface area contributed by atoms with E-state index in [-0.39, 0.29) is 19.4 Å². The number of aliphatic carboxylic acids is 1. The summed E-state index contributed by atoms with van der Waals surface area (Å²) in [4.78, 5) is 9.97. The lowest BCUT2D eigenvalue weighted by molar-refractivity contribution is -0.138. The number of carboxylic acid groups (broad SMARTS) is 1. The highest BCUT2D eigenvalue weighted by Crippen LogP contribution is 1.97. The van der Waals surface area contributed by atoms with Crippen LogP contribution in [0, 0.1) is 0 Å². The molecule has 0 radical (unpaired) electrons. The average molecular weight is 226 g/mol. The standard InChI is InChI=1S/C6H11FN2O4S/c7-9-5(6(10)11)4(14(12)13)2-1-3-8/h5,9H,1-3,8H2,(H,10,11)/t5-/m0/s1. The Hall–Kier alpha value is -0.990. The lowest BCUT2D eigenvalue weighted by Gasteiger charge is -2.08. The number of halogens is 1. The Morgan fingerprint density at radius 2 is 2.14 bits per heavy atom. The first kappa shape index (κ1) is 13.0. The largest absolute Gasteiger partial charge is 0.480 e. The van der Waals surface area contributed by atoms with Gasteiger partial charge < -0.3 is 10.8 Å². The van der Waals surface area contributed by atoms with Crippen LogP contribution < -0.4 is 11.3 Å². The predicted molar refractivity (Wildman–Crippen MR) is 47.9 cm³/mol. The molecule has 0 saturated heterocycles. The molecule has 0 aliphatic carbocycles. The van der Waals surface area contributed by atoms with Crippen LogP contribution in [0.1, 0.15) is 12.8 Å². The van der Waals surface area contributed by atoms with Gasteiger partial charge in [0.2, 0.25) is 10.3 Å². The molecule has 0 aromatic rings. The monoisotopic (exact) mass is 226 g/mol. The predicted octanol–water partition coefficient (Wildman–Crippen LogP) is -1.30. The normalized spacial score (nSPS) is 12.1. The van der Waals surface area contributed by atoms with Gasteiger partial charge in [0.05, 0.1) is 4.86 Å². The van der Waals surface area contributed by atoms with E-state index >= 15 is 0 Å². The molecule has 0 fully saturated rings. The van der Waals surface area contributed by atoms with Crippen LogP contribution >= 0.6 is 0 Å². The molecule has 0 aliphatic heterocycles. The summed E-state index contributed by atoms with van der Waals surface area (Å²) in [6.45, 7) is 0.208. The molecule has 0 spiro atoms. The number of hydrogen-bond acceptors (Lipinski definition) is 5. The molecule has 0 bridgehead atoms. The minimum absolute atomic E-state index is 0.0690. The lowest BCUT2D eigenvalue weighted by atomic mass is 10.1. The van der Waals surface area contributed by atoms with Gasteiger partial charge in [0.1, 0.15) is 0 Å². The van der Waals surface area contributed by atoms with Crippen LogP contribution in [-0.4, -0.2) is 36.9 Å². The summed E-state index contributed by atoms with van der Waals surface area (Å²) in [6.07, 6.45) is 0.218. The third-order valence-electron chi connectivity index (χ3n) is 1.52. The molecule has 1 atom stereocenters. The van der Waals surface area contributed by atoms with E-state index in [2.05, 4.69) is 0 Å². The SMILES string of the molecule is NCCCC([C@H](NF)C(=O)O)=S(=O)=O. The van der Waals surface area contributed by atoms with Gasteiger partial charge in [-0.2, -0.15) is 8.42 Å². The molecule has 6 nitrogen and oxygen atoms in total. The van der Waals surface area contributed by atoms with E-state index in [1.807, 2.05) is 0 Å². The summed E-state index contributed by atoms with van der Waals surface area (Å²) in [5, 5.41) is 8.46. The highest BCUT2D eigenvalue weighted by atomic mass is 32.2. The molecule has 4 N–H and O–H groups in total. The van der Waals surface area contributed by atoms with Gasteiger partial charge in [0.15, 0.2) is 6.04 Å². The quantitative estimate of drug-likeness (QED) is 0.384. The fourth-order valence-corrected chi connectivity index (χ4v) is 1.49. The van der Waals surface area contributed by atoms with E-state index < -0.39 is 27.2 Å². The van der Waals surface area contributed by atoms with E-state index in [0.717, 1.165) is 5.54 Å². The van der Waals surface area contributed by atoms with Crippen molar-refractivity contribution in [3.05, 3.63) is 0 Å². The number of carbonyl (C=O) groups is 1. The summed E-state index contributed by atoms with van der Waals surface area (Å²) in [7, 11) is -2.73. The molecule has 0 unspecified atom stereocenters. The Morgan fingerprint density at radius 3 is 2.43 bits per heavy atom. The van der Waals surface area contributed by atoms with Crippen molar-refractivity contribution in [1.82, 2.24) is 5.54 Å². The van der Waals surface area contributed by atoms with Gasteiger partial charge in [-0.1, -0.05) is 0 Å². The van der Waals surface area contributed by atoms with Crippen LogP contribution in [0.2, 0.25) is 0 Å². The van der Waals surface area contributed by atoms with Crippen molar-refractivity contribution in [1.29, 1.82) is 0 Å². The maximum absolute atomic E-state index is 12.0. The number of hydrogen-bond donors (Lipinski definition) is 3. The molecule has 0 aromatic carbocycles. The van der Waals surface area contributed by atoms with Crippen molar-refractivity contribution in [2.24, 2.45) is 5.73 Å². The summed E-state index contributed by atoms with van der Waals surface area (Å²) in [6, 6.07) is -1.82. The summed E-state index contributed by atoms with van der Waals surface area (Å²) < 4.78 is 33.1. The molecular formula is C6H11FN2O4S. The van der Waals surface area contributed by atoms with Gasteiger partial charge in [0, 0.05) is 0 Å². The molecule has 0 saturated carbocycles. The molecular weight excluding hydrogens is 215 g/mol. The Morgan fingerprint density at radius 1 is 1.57 bits per heavy atom. The van der Waals surface area contributed by atoms with Crippen molar-refractivity contribution >= 4 is 21.1 Å². The minimum Gasteiger partial charge on any atom is -0.480 e. The van der Waals surface area contributed by atoms with Crippen molar-refractivity contribution < 1.29 is 22.8 Å². The van der Waals surface area contributed by atoms with Crippen LogP contribution in [0.25, 0.3) is 0 Å². The first-order valence-electron chi connectivity index (χ1n) is 3.78. The molecule has 14 heavy (non-hydrogen) atoms. The Labute approximate surface area is 81.4 Å². The van der Waals surface area contributed by atoms with Crippen molar-refractivity contribution in [3.63, 3.8) is 0 Å². The molecule has 0 aromatic heterocycles. The second-order valence-corrected chi connectivity index (χ2v) is 3.47. The smallest absolute Gasteiger partial charge is 0.328 e. The number of carboxylic acids is 1. The van der Waals surface area contributed by atoms with Gasteiger partial charge in [-0.05, 0) is 19.4 Å². The number of nitrogens with two attached hydrogens (primary N) is 1. The summed E-state index contributed by atoms with van der Waals surface area (Å²) >= 11 is 0. The zero-order valence-corrected chi connectivity index (χ0v) is 8.05.